The van der Waals surface area contributed by atoms with Gasteiger partial charge in [-0.15, -0.1) is 0 Å². The maximum atomic E-state index is 6.39. The summed E-state index contributed by atoms with van der Waals surface area (Å²) in [6, 6.07) is 9.03. The highest BCUT2D eigenvalue weighted by atomic mass is 35.5. The summed E-state index contributed by atoms with van der Waals surface area (Å²) in [7, 11) is 0. The first-order chi connectivity index (χ1) is 8.81. The fourth-order valence-electron chi connectivity index (χ4n) is 3.48. The number of fused-ring (bicyclic) bond motifs is 1. The van der Waals surface area contributed by atoms with Crippen LogP contribution >= 0.6 is 11.6 Å². The zero-order valence-corrected chi connectivity index (χ0v) is 11.7. The van der Waals surface area contributed by atoms with Crippen molar-refractivity contribution >= 4 is 22.5 Å². The number of hydrogen-bond donors (Lipinski definition) is 0. The molecule has 1 aliphatic rings. The lowest BCUT2D eigenvalue weighted by atomic mass is 9.82. The summed E-state index contributed by atoms with van der Waals surface area (Å²) in [5.74, 6) is 0.811. The van der Waals surface area contributed by atoms with Crippen LogP contribution in [0.4, 0.5) is 0 Å². The molecule has 0 spiro atoms. The van der Waals surface area contributed by atoms with E-state index in [1.165, 1.54) is 43.0 Å². The van der Waals surface area contributed by atoms with Gasteiger partial charge in [0.15, 0.2) is 0 Å². The zero-order chi connectivity index (χ0) is 12.5. The minimum atomic E-state index is 0.640. The molecular weight excluding hydrogens is 242 g/mol. The van der Waals surface area contributed by atoms with E-state index in [2.05, 4.69) is 29.8 Å². The fourth-order valence-corrected chi connectivity index (χ4v) is 3.76. The first-order valence-electron chi connectivity index (χ1n) is 7.06. The number of rotatable bonds is 2. The molecular formula is C16H20ClN. The number of aromatic nitrogens is 1. The van der Waals surface area contributed by atoms with E-state index in [9.17, 15) is 0 Å². The van der Waals surface area contributed by atoms with Crippen LogP contribution in [0.5, 0.6) is 0 Å². The van der Waals surface area contributed by atoms with Gasteiger partial charge < -0.3 is 4.57 Å². The molecule has 0 N–H and O–H groups in total. The average molecular weight is 262 g/mol. The summed E-state index contributed by atoms with van der Waals surface area (Å²) in [6.45, 7) is 2.32. The van der Waals surface area contributed by atoms with Gasteiger partial charge in [0, 0.05) is 17.6 Å². The summed E-state index contributed by atoms with van der Waals surface area (Å²) in [4.78, 5) is 0. The summed E-state index contributed by atoms with van der Waals surface area (Å²) < 4.78 is 2.44. The third-order valence-electron chi connectivity index (χ3n) is 4.44. The zero-order valence-electron chi connectivity index (χ0n) is 10.9. The van der Waals surface area contributed by atoms with Gasteiger partial charge in [0.2, 0.25) is 0 Å². The monoisotopic (exact) mass is 261 g/mol. The lowest BCUT2D eigenvalue weighted by Crippen LogP contribution is -2.22. The van der Waals surface area contributed by atoms with Gasteiger partial charge in [-0.1, -0.05) is 49.9 Å². The van der Waals surface area contributed by atoms with Gasteiger partial charge in [-0.2, -0.15) is 0 Å². The number of halogens is 1. The third kappa shape index (κ3) is 1.95. The van der Waals surface area contributed by atoms with E-state index < -0.39 is 0 Å². The van der Waals surface area contributed by atoms with E-state index in [1.807, 2.05) is 12.1 Å². The van der Waals surface area contributed by atoms with Crippen LogP contribution in [0.3, 0.4) is 0 Å². The Kier molecular flexibility index (Phi) is 3.34. The highest BCUT2D eigenvalue weighted by Crippen LogP contribution is 2.39. The number of para-hydroxylation sites is 1. The van der Waals surface area contributed by atoms with Gasteiger partial charge in [0.1, 0.15) is 0 Å². The van der Waals surface area contributed by atoms with Crippen molar-refractivity contribution in [1.29, 1.82) is 0 Å². The molecule has 1 heterocycles. The van der Waals surface area contributed by atoms with E-state index in [-0.39, 0.29) is 0 Å². The predicted molar refractivity (Wildman–Crippen MR) is 78.2 cm³/mol. The highest BCUT2D eigenvalue weighted by Gasteiger charge is 2.26. The van der Waals surface area contributed by atoms with Crippen LogP contribution in [-0.4, -0.2) is 4.57 Å². The first-order valence-corrected chi connectivity index (χ1v) is 7.44. The van der Waals surface area contributed by atoms with Gasteiger partial charge >= 0.3 is 0 Å². The standard InChI is InChI=1S/C16H20ClN/c1-2-12-6-3-4-9-15(12)18-11-10-13-7-5-8-14(17)16(13)18/h5,7-8,10-12,15H,2-4,6,9H2,1H3. The van der Waals surface area contributed by atoms with Crippen molar-refractivity contribution in [3.63, 3.8) is 0 Å². The number of nitrogens with zero attached hydrogens (tertiary/aromatic N) is 1. The lowest BCUT2D eigenvalue weighted by molar-refractivity contribution is 0.237. The van der Waals surface area contributed by atoms with E-state index >= 15 is 0 Å². The second kappa shape index (κ2) is 4.97. The fraction of sp³-hybridized carbons (Fsp3) is 0.500. The molecule has 1 aromatic heterocycles. The Morgan fingerprint density at radius 1 is 1.22 bits per heavy atom. The summed E-state index contributed by atoms with van der Waals surface area (Å²) in [5.41, 5.74) is 1.23. The van der Waals surface area contributed by atoms with Crippen LogP contribution in [-0.2, 0) is 0 Å². The molecule has 1 fully saturated rings. The third-order valence-corrected chi connectivity index (χ3v) is 4.75. The van der Waals surface area contributed by atoms with Crippen molar-refractivity contribution in [2.45, 2.75) is 45.1 Å². The molecule has 0 bridgehead atoms. The predicted octanol–water partition coefficient (Wildman–Crippen LogP) is 5.44. The van der Waals surface area contributed by atoms with Crippen LogP contribution in [0.15, 0.2) is 30.5 Å². The molecule has 18 heavy (non-hydrogen) atoms. The molecule has 0 amide bonds. The molecule has 0 saturated heterocycles. The number of benzene rings is 1. The van der Waals surface area contributed by atoms with E-state index in [1.54, 1.807) is 0 Å². The topological polar surface area (TPSA) is 4.93 Å². The molecule has 1 aromatic carbocycles. The normalized spacial score (nSPS) is 24.6. The van der Waals surface area contributed by atoms with Crippen molar-refractivity contribution in [2.75, 3.05) is 0 Å². The second-order valence-electron chi connectivity index (χ2n) is 5.42. The summed E-state index contributed by atoms with van der Waals surface area (Å²) in [5, 5.41) is 2.15. The first kappa shape index (κ1) is 12.1. The van der Waals surface area contributed by atoms with Crippen molar-refractivity contribution < 1.29 is 0 Å². The Morgan fingerprint density at radius 3 is 2.89 bits per heavy atom. The van der Waals surface area contributed by atoms with E-state index in [4.69, 9.17) is 11.6 Å². The number of hydrogen-bond acceptors (Lipinski definition) is 0. The Balaban J connectivity index is 2.07. The summed E-state index contributed by atoms with van der Waals surface area (Å²) >= 11 is 6.39. The quantitative estimate of drug-likeness (QED) is 0.679. The largest absolute Gasteiger partial charge is 0.343 e. The Labute approximate surface area is 114 Å². The molecule has 0 aliphatic heterocycles. The Morgan fingerprint density at radius 2 is 2.06 bits per heavy atom. The molecule has 0 radical (unpaired) electrons. The minimum absolute atomic E-state index is 0.640. The van der Waals surface area contributed by atoms with Crippen LogP contribution in [0, 0.1) is 5.92 Å². The van der Waals surface area contributed by atoms with E-state index in [0.29, 0.717) is 6.04 Å². The molecule has 2 atom stereocenters. The van der Waals surface area contributed by atoms with Crippen LogP contribution in [0.2, 0.25) is 5.02 Å². The van der Waals surface area contributed by atoms with Gasteiger partial charge in [0.25, 0.3) is 0 Å². The van der Waals surface area contributed by atoms with Gasteiger partial charge in [-0.25, -0.2) is 0 Å². The van der Waals surface area contributed by atoms with Gasteiger partial charge in [-0.05, 0) is 30.9 Å². The molecule has 1 nitrogen and oxygen atoms in total. The molecule has 2 unspecified atom stereocenters. The molecule has 2 heteroatoms. The second-order valence-corrected chi connectivity index (χ2v) is 5.83. The smallest absolute Gasteiger partial charge is 0.0672 e. The van der Waals surface area contributed by atoms with E-state index in [0.717, 1.165) is 10.9 Å². The minimum Gasteiger partial charge on any atom is -0.343 e. The lowest BCUT2D eigenvalue weighted by Gasteiger charge is -2.32. The van der Waals surface area contributed by atoms with Crippen molar-refractivity contribution in [2.24, 2.45) is 5.92 Å². The molecule has 2 aromatic rings. The Bertz CT molecular complexity index is 543. The van der Waals surface area contributed by atoms with Crippen LogP contribution < -0.4 is 0 Å². The highest BCUT2D eigenvalue weighted by molar-refractivity contribution is 6.35. The van der Waals surface area contributed by atoms with Gasteiger partial charge in [-0.3, -0.25) is 0 Å². The maximum absolute atomic E-state index is 6.39. The Hall–Kier alpha value is -0.950. The molecule has 3 rings (SSSR count). The maximum Gasteiger partial charge on any atom is 0.0672 e. The van der Waals surface area contributed by atoms with Crippen molar-refractivity contribution in [1.82, 2.24) is 4.57 Å². The van der Waals surface area contributed by atoms with Crippen LogP contribution in [0.1, 0.15) is 45.1 Å². The van der Waals surface area contributed by atoms with Crippen LogP contribution in [0.25, 0.3) is 10.9 Å². The SMILES string of the molecule is CCC1CCCCC1n1ccc2cccc(Cl)c21. The molecule has 1 aliphatic carbocycles. The molecule has 96 valence electrons. The van der Waals surface area contributed by atoms with Gasteiger partial charge in [0.05, 0.1) is 10.5 Å². The molecule has 1 saturated carbocycles. The average Bonchev–Trinajstić information content (AvgIpc) is 2.84. The van der Waals surface area contributed by atoms with Crippen molar-refractivity contribution in [3.8, 4) is 0 Å². The van der Waals surface area contributed by atoms with Crippen molar-refractivity contribution in [3.05, 3.63) is 35.5 Å². The summed E-state index contributed by atoms with van der Waals surface area (Å²) in [6.07, 6.45) is 8.91.